The second kappa shape index (κ2) is 6.25. The van der Waals surface area contributed by atoms with Crippen LogP contribution in [0.3, 0.4) is 0 Å². The standard InChI is InChI=1S/C13H18BrN5/c1-3-10-12(14)11(19(4-2)18-10)8-9(15)13-16-6-5-7-17-13/h5-7,9H,3-4,8,15H2,1-2H3. The van der Waals surface area contributed by atoms with Crippen LogP contribution in [0.25, 0.3) is 0 Å². The van der Waals surface area contributed by atoms with Gasteiger partial charge >= 0.3 is 0 Å². The summed E-state index contributed by atoms with van der Waals surface area (Å²) in [4.78, 5) is 8.41. The monoisotopic (exact) mass is 323 g/mol. The van der Waals surface area contributed by atoms with Gasteiger partial charge in [0.25, 0.3) is 0 Å². The van der Waals surface area contributed by atoms with E-state index in [4.69, 9.17) is 5.73 Å². The Kier molecular flexibility index (Phi) is 4.66. The van der Waals surface area contributed by atoms with E-state index in [9.17, 15) is 0 Å². The highest BCUT2D eigenvalue weighted by Gasteiger charge is 2.18. The van der Waals surface area contributed by atoms with E-state index in [2.05, 4.69) is 44.8 Å². The molecule has 19 heavy (non-hydrogen) atoms. The van der Waals surface area contributed by atoms with E-state index in [1.165, 1.54) is 0 Å². The Morgan fingerprint density at radius 3 is 2.58 bits per heavy atom. The van der Waals surface area contributed by atoms with Crippen LogP contribution in [0.2, 0.25) is 0 Å². The van der Waals surface area contributed by atoms with Crippen molar-refractivity contribution in [3.05, 3.63) is 40.1 Å². The van der Waals surface area contributed by atoms with E-state index in [-0.39, 0.29) is 6.04 Å². The molecule has 0 amide bonds. The average Bonchev–Trinajstić information content (AvgIpc) is 2.76. The summed E-state index contributed by atoms with van der Waals surface area (Å²) in [6.07, 6.45) is 5.00. The molecule has 1 unspecified atom stereocenters. The van der Waals surface area contributed by atoms with Crippen LogP contribution in [-0.4, -0.2) is 19.7 Å². The smallest absolute Gasteiger partial charge is 0.145 e. The zero-order valence-corrected chi connectivity index (χ0v) is 12.8. The molecule has 102 valence electrons. The van der Waals surface area contributed by atoms with Crippen molar-refractivity contribution in [2.24, 2.45) is 5.73 Å². The fourth-order valence-electron chi connectivity index (χ4n) is 2.01. The number of rotatable bonds is 5. The van der Waals surface area contributed by atoms with Crippen molar-refractivity contribution < 1.29 is 0 Å². The molecule has 0 fully saturated rings. The SMILES string of the molecule is CCc1nn(CC)c(CC(N)c2ncccn2)c1Br. The first-order chi connectivity index (χ1) is 9.17. The van der Waals surface area contributed by atoms with Crippen molar-refractivity contribution >= 4 is 15.9 Å². The lowest BCUT2D eigenvalue weighted by Crippen LogP contribution is -2.18. The minimum absolute atomic E-state index is 0.218. The molecule has 0 aliphatic carbocycles. The van der Waals surface area contributed by atoms with Crippen molar-refractivity contribution in [2.45, 2.75) is 39.3 Å². The summed E-state index contributed by atoms with van der Waals surface area (Å²) < 4.78 is 3.05. The summed E-state index contributed by atoms with van der Waals surface area (Å²) >= 11 is 3.62. The first-order valence-corrected chi connectivity index (χ1v) is 7.23. The second-order valence-corrected chi connectivity index (χ2v) is 5.09. The van der Waals surface area contributed by atoms with Gasteiger partial charge in [0, 0.05) is 25.4 Å². The second-order valence-electron chi connectivity index (χ2n) is 4.29. The van der Waals surface area contributed by atoms with Crippen molar-refractivity contribution in [2.75, 3.05) is 0 Å². The summed E-state index contributed by atoms with van der Waals surface area (Å²) in [6, 6.07) is 1.57. The lowest BCUT2D eigenvalue weighted by Gasteiger charge is -2.11. The third-order valence-electron chi connectivity index (χ3n) is 3.02. The van der Waals surface area contributed by atoms with Gasteiger partial charge in [0.1, 0.15) is 5.82 Å². The van der Waals surface area contributed by atoms with E-state index >= 15 is 0 Å². The zero-order chi connectivity index (χ0) is 13.8. The van der Waals surface area contributed by atoms with Crippen molar-refractivity contribution in [1.82, 2.24) is 19.7 Å². The number of aromatic nitrogens is 4. The lowest BCUT2D eigenvalue weighted by atomic mass is 10.1. The largest absolute Gasteiger partial charge is 0.321 e. The molecule has 0 saturated heterocycles. The third-order valence-corrected chi connectivity index (χ3v) is 3.94. The maximum absolute atomic E-state index is 6.18. The van der Waals surface area contributed by atoms with Crippen LogP contribution in [0.1, 0.15) is 37.1 Å². The van der Waals surface area contributed by atoms with E-state index in [1.807, 2.05) is 4.68 Å². The molecule has 0 aliphatic heterocycles. The van der Waals surface area contributed by atoms with Gasteiger partial charge in [-0.15, -0.1) is 0 Å². The molecule has 2 rings (SSSR count). The number of nitrogens with two attached hydrogens (primary N) is 1. The van der Waals surface area contributed by atoms with Crippen LogP contribution in [0, 0.1) is 0 Å². The van der Waals surface area contributed by atoms with Crippen LogP contribution < -0.4 is 5.73 Å². The first kappa shape index (κ1) is 14.1. The van der Waals surface area contributed by atoms with Gasteiger partial charge in [-0.05, 0) is 35.3 Å². The van der Waals surface area contributed by atoms with Gasteiger partial charge in [-0.25, -0.2) is 9.97 Å². The molecule has 2 aromatic rings. The fraction of sp³-hybridized carbons (Fsp3) is 0.462. The topological polar surface area (TPSA) is 69.6 Å². The van der Waals surface area contributed by atoms with Crippen molar-refractivity contribution in [3.8, 4) is 0 Å². The predicted molar refractivity (Wildman–Crippen MR) is 77.6 cm³/mol. The zero-order valence-electron chi connectivity index (χ0n) is 11.2. The molecule has 0 bridgehead atoms. The minimum Gasteiger partial charge on any atom is -0.321 e. The molecule has 2 N–H and O–H groups in total. The van der Waals surface area contributed by atoms with Crippen molar-refractivity contribution in [1.29, 1.82) is 0 Å². The highest BCUT2D eigenvalue weighted by atomic mass is 79.9. The van der Waals surface area contributed by atoms with Crippen LogP contribution in [0.4, 0.5) is 0 Å². The first-order valence-electron chi connectivity index (χ1n) is 6.43. The van der Waals surface area contributed by atoms with Crippen molar-refractivity contribution in [3.63, 3.8) is 0 Å². The molecule has 2 aromatic heterocycles. The van der Waals surface area contributed by atoms with Gasteiger partial charge in [0.05, 0.1) is 21.9 Å². The van der Waals surface area contributed by atoms with E-state index < -0.39 is 0 Å². The van der Waals surface area contributed by atoms with E-state index in [0.29, 0.717) is 12.2 Å². The number of hydrogen-bond acceptors (Lipinski definition) is 4. The Bertz CT molecular complexity index is 537. The molecule has 6 heteroatoms. The molecule has 2 heterocycles. The van der Waals surface area contributed by atoms with Crippen LogP contribution in [0.5, 0.6) is 0 Å². The van der Waals surface area contributed by atoms with Gasteiger partial charge in [0.2, 0.25) is 0 Å². The maximum atomic E-state index is 6.18. The Balaban J connectivity index is 2.26. The van der Waals surface area contributed by atoms with Gasteiger partial charge in [0.15, 0.2) is 0 Å². The average molecular weight is 324 g/mol. The number of aryl methyl sites for hydroxylation is 2. The van der Waals surface area contributed by atoms with Crippen LogP contribution >= 0.6 is 15.9 Å². The Hall–Kier alpha value is -1.27. The van der Waals surface area contributed by atoms with E-state index in [0.717, 1.165) is 28.8 Å². The molecule has 1 atom stereocenters. The van der Waals surface area contributed by atoms with Crippen LogP contribution in [0.15, 0.2) is 22.9 Å². The summed E-state index contributed by atoms with van der Waals surface area (Å²) in [5, 5.41) is 4.57. The minimum atomic E-state index is -0.218. The molecule has 0 aromatic carbocycles. The molecule has 0 aliphatic rings. The quantitative estimate of drug-likeness (QED) is 0.916. The summed E-state index contributed by atoms with van der Waals surface area (Å²) in [5.41, 5.74) is 8.36. The molecular weight excluding hydrogens is 306 g/mol. The van der Waals surface area contributed by atoms with Gasteiger partial charge < -0.3 is 5.73 Å². The Morgan fingerprint density at radius 2 is 2.00 bits per heavy atom. The number of halogens is 1. The maximum Gasteiger partial charge on any atom is 0.145 e. The summed E-state index contributed by atoms with van der Waals surface area (Å²) in [7, 11) is 0. The molecule has 0 saturated carbocycles. The molecule has 5 nitrogen and oxygen atoms in total. The lowest BCUT2D eigenvalue weighted by molar-refractivity contribution is 0.572. The highest BCUT2D eigenvalue weighted by molar-refractivity contribution is 9.10. The van der Waals surface area contributed by atoms with Gasteiger partial charge in [-0.2, -0.15) is 5.10 Å². The predicted octanol–water partition coefficient (Wildman–Crippen LogP) is 2.26. The third kappa shape index (κ3) is 3.01. The molecule has 0 radical (unpaired) electrons. The van der Waals surface area contributed by atoms with Gasteiger partial charge in [-0.3, -0.25) is 4.68 Å². The highest BCUT2D eigenvalue weighted by Crippen LogP contribution is 2.25. The molecule has 0 spiro atoms. The van der Waals surface area contributed by atoms with Crippen LogP contribution in [-0.2, 0) is 19.4 Å². The normalized spacial score (nSPS) is 12.6. The Labute approximate surface area is 121 Å². The summed E-state index contributed by atoms with van der Waals surface area (Å²) in [6.45, 7) is 5.00. The number of hydrogen-bond donors (Lipinski definition) is 1. The van der Waals surface area contributed by atoms with Gasteiger partial charge in [-0.1, -0.05) is 6.92 Å². The molecular formula is C13H18BrN5. The summed E-state index contributed by atoms with van der Waals surface area (Å²) in [5.74, 6) is 0.663. The Morgan fingerprint density at radius 1 is 1.32 bits per heavy atom. The fourth-order valence-corrected chi connectivity index (χ4v) is 2.74. The number of nitrogens with zero attached hydrogens (tertiary/aromatic N) is 4. The van der Waals surface area contributed by atoms with E-state index in [1.54, 1.807) is 18.5 Å².